The number of nitrogens with one attached hydrogen (secondary N) is 1. The molecule has 0 fully saturated rings. The van der Waals surface area contributed by atoms with E-state index in [1.54, 1.807) is 24.3 Å². The highest BCUT2D eigenvalue weighted by Gasteiger charge is 2.06. The Morgan fingerprint density at radius 1 is 1.24 bits per heavy atom. The number of aromatic amines is 1. The Kier molecular flexibility index (Phi) is 3.10. The van der Waals surface area contributed by atoms with Crippen LogP contribution in [0.2, 0.25) is 0 Å². The van der Waals surface area contributed by atoms with Gasteiger partial charge in [-0.05, 0) is 26.2 Å². The number of aromatic nitrogens is 2. The topological polar surface area (TPSA) is 58.1 Å². The third kappa shape index (κ3) is 2.29. The van der Waals surface area contributed by atoms with E-state index in [1.807, 2.05) is 19.0 Å². The van der Waals surface area contributed by atoms with E-state index in [2.05, 4.69) is 4.98 Å². The molecule has 0 aliphatic rings. The lowest BCUT2D eigenvalue weighted by atomic mass is 10.2. The van der Waals surface area contributed by atoms with Gasteiger partial charge in [-0.1, -0.05) is 12.1 Å². The summed E-state index contributed by atoms with van der Waals surface area (Å²) in [5.74, 6) is 0. The number of para-hydroxylation sites is 1. The second kappa shape index (κ2) is 4.55. The van der Waals surface area contributed by atoms with Gasteiger partial charge in [-0.25, -0.2) is 4.79 Å². The van der Waals surface area contributed by atoms with Gasteiger partial charge in [-0.2, -0.15) is 0 Å². The molecule has 0 saturated carbocycles. The summed E-state index contributed by atoms with van der Waals surface area (Å²) in [5.41, 5.74) is 0.00496. The first-order valence-corrected chi connectivity index (χ1v) is 5.46. The molecule has 2 aromatic rings. The number of rotatable bonds is 3. The van der Waals surface area contributed by atoms with Gasteiger partial charge in [0.2, 0.25) is 0 Å². The number of H-pyrrole nitrogens is 1. The molecule has 90 valence electrons. The maximum atomic E-state index is 12.1. The minimum atomic E-state index is -0.351. The predicted molar refractivity (Wildman–Crippen MR) is 67.4 cm³/mol. The van der Waals surface area contributed by atoms with Gasteiger partial charge in [0.15, 0.2) is 0 Å². The number of benzene rings is 1. The largest absolute Gasteiger partial charge is 0.328 e. The van der Waals surface area contributed by atoms with Crippen molar-refractivity contribution >= 4 is 10.9 Å². The van der Waals surface area contributed by atoms with E-state index < -0.39 is 0 Å². The van der Waals surface area contributed by atoms with Gasteiger partial charge in [0.1, 0.15) is 0 Å². The Balaban J connectivity index is 2.56. The maximum Gasteiger partial charge on any atom is 0.328 e. The second-order valence-electron chi connectivity index (χ2n) is 4.24. The van der Waals surface area contributed by atoms with E-state index in [-0.39, 0.29) is 11.2 Å². The highest BCUT2D eigenvalue weighted by Crippen LogP contribution is 2.02. The van der Waals surface area contributed by atoms with Crippen LogP contribution in [0.4, 0.5) is 0 Å². The zero-order valence-electron chi connectivity index (χ0n) is 9.93. The third-order valence-corrected chi connectivity index (χ3v) is 2.66. The van der Waals surface area contributed by atoms with Crippen molar-refractivity contribution in [3.63, 3.8) is 0 Å². The Bertz CT molecular complexity index is 640. The number of fused-ring (bicyclic) bond motifs is 1. The maximum absolute atomic E-state index is 12.1. The van der Waals surface area contributed by atoms with Crippen molar-refractivity contribution in [2.75, 3.05) is 20.6 Å². The molecule has 0 amide bonds. The molecule has 0 spiro atoms. The third-order valence-electron chi connectivity index (χ3n) is 2.66. The van der Waals surface area contributed by atoms with Crippen molar-refractivity contribution in [2.45, 2.75) is 6.54 Å². The quantitative estimate of drug-likeness (QED) is 0.826. The highest BCUT2D eigenvalue weighted by molar-refractivity contribution is 5.76. The summed E-state index contributed by atoms with van der Waals surface area (Å²) in [6.45, 7) is 1.05. The van der Waals surface area contributed by atoms with E-state index >= 15 is 0 Å². The predicted octanol–water partition coefficient (Wildman–Crippen LogP) is 0.251. The van der Waals surface area contributed by atoms with Crippen molar-refractivity contribution in [3.8, 4) is 0 Å². The molecule has 1 N–H and O–H groups in total. The first-order chi connectivity index (χ1) is 8.09. The van der Waals surface area contributed by atoms with Crippen LogP contribution in [0.15, 0.2) is 33.9 Å². The van der Waals surface area contributed by atoms with E-state index in [9.17, 15) is 9.59 Å². The van der Waals surface area contributed by atoms with Crippen molar-refractivity contribution in [1.82, 2.24) is 14.5 Å². The Morgan fingerprint density at radius 2 is 1.94 bits per heavy atom. The molecule has 1 heterocycles. The molecule has 2 rings (SSSR count). The summed E-state index contributed by atoms with van der Waals surface area (Å²) >= 11 is 0. The van der Waals surface area contributed by atoms with Gasteiger partial charge in [0.05, 0.1) is 10.9 Å². The molecule has 0 unspecified atom stereocenters. The molecule has 0 saturated heterocycles. The lowest BCUT2D eigenvalue weighted by Crippen LogP contribution is -2.37. The monoisotopic (exact) mass is 233 g/mol. The summed E-state index contributed by atoms with van der Waals surface area (Å²) in [6.07, 6.45) is 0. The van der Waals surface area contributed by atoms with Crippen LogP contribution in [0.1, 0.15) is 0 Å². The molecule has 5 nitrogen and oxygen atoms in total. The standard InChI is InChI=1S/C12H15N3O2/c1-14(2)7-8-15-11(16)9-5-3-4-6-10(9)13-12(15)17/h3-6H,7-8H2,1-2H3,(H,13,17). The van der Waals surface area contributed by atoms with Gasteiger partial charge in [0.25, 0.3) is 5.56 Å². The van der Waals surface area contributed by atoms with E-state index in [1.165, 1.54) is 4.57 Å². The molecule has 0 radical (unpaired) electrons. The van der Waals surface area contributed by atoms with Gasteiger partial charge in [-0.15, -0.1) is 0 Å². The summed E-state index contributed by atoms with van der Waals surface area (Å²) in [7, 11) is 3.81. The SMILES string of the molecule is CN(C)CCn1c(=O)[nH]c2ccccc2c1=O. The first-order valence-electron chi connectivity index (χ1n) is 5.46. The minimum Gasteiger partial charge on any atom is -0.308 e. The molecule has 0 atom stereocenters. The fourth-order valence-corrected chi connectivity index (χ4v) is 1.70. The summed E-state index contributed by atoms with van der Waals surface area (Å²) in [4.78, 5) is 28.5. The van der Waals surface area contributed by atoms with Crippen LogP contribution in [0.3, 0.4) is 0 Å². The Labute approximate surface area is 98.3 Å². The van der Waals surface area contributed by atoms with Gasteiger partial charge < -0.3 is 9.88 Å². The lowest BCUT2D eigenvalue weighted by molar-refractivity contribution is 0.377. The number of likely N-dealkylation sites (N-methyl/N-ethyl adjacent to an activating group) is 1. The Morgan fingerprint density at radius 3 is 2.65 bits per heavy atom. The van der Waals surface area contributed by atoms with Crippen LogP contribution in [-0.2, 0) is 6.54 Å². The van der Waals surface area contributed by atoms with E-state index in [4.69, 9.17) is 0 Å². The van der Waals surface area contributed by atoms with Crippen LogP contribution >= 0.6 is 0 Å². The average Bonchev–Trinajstić information content (AvgIpc) is 2.28. The zero-order chi connectivity index (χ0) is 12.4. The number of nitrogens with zero attached hydrogens (tertiary/aromatic N) is 2. The number of hydrogen-bond acceptors (Lipinski definition) is 3. The van der Waals surface area contributed by atoms with Gasteiger partial charge >= 0.3 is 5.69 Å². The fourth-order valence-electron chi connectivity index (χ4n) is 1.70. The average molecular weight is 233 g/mol. The molecule has 0 bridgehead atoms. The molecule has 0 aliphatic heterocycles. The zero-order valence-corrected chi connectivity index (χ0v) is 9.93. The molecule has 1 aromatic heterocycles. The summed E-state index contributed by atoms with van der Waals surface area (Å²) in [6, 6.07) is 7.04. The highest BCUT2D eigenvalue weighted by atomic mass is 16.2. The first kappa shape index (κ1) is 11.6. The molecule has 5 heteroatoms. The summed E-state index contributed by atoms with van der Waals surface area (Å²) < 4.78 is 1.24. The second-order valence-corrected chi connectivity index (χ2v) is 4.24. The molecule has 1 aromatic carbocycles. The van der Waals surface area contributed by atoms with Crippen molar-refractivity contribution in [1.29, 1.82) is 0 Å². The smallest absolute Gasteiger partial charge is 0.308 e. The van der Waals surface area contributed by atoms with Crippen LogP contribution in [-0.4, -0.2) is 35.1 Å². The molecule has 0 aliphatic carbocycles. The minimum absolute atomic E-state index is 0.230. The molecule has 17 heavy (non-hydrogen) atoms. The lowest BCUT2D eigenvalue weighted by Gasteiger charge is -2.10. The summed E-state index contributed by atoms with van der Waals surface area (Å²) in [5, 5.41) is 0.547. The van der Waals surface area contributed by atoms with Crippen LogP contribution in [0, 0.1) is 0 Å². The van der Waals surface area contributed by atoms with Crippen molar-refractivity contribution in [3.05, 3.63) is 45.1 Å². The Hall–Kier alpha value is -1.88. The van der Waals surface area contributed by atoms with Crippen molar-refractivity contribution < 1.29 is 0 Å². The number of hydrogen-bond donors (Lipinski definition) is 1. The van der Waals surface area contributed by atoms with Gasteiger partial charge in [0, 0.05) is 13.1 Å². The van der Waals surface area contributed by atoms with Crippen LogP contribution in [0.5, 0.6) is 0 Å². The van der Waals surface area contributed by atoms with Crippen molar-refractivity contribution in [2.24, 2.45) is 0 Å². The normalized spacial score (nSPS) is 11.2. The molecular formula is C12H15N3O2. The fraction of sp³-hybridized carbons (Fsp3) is 0.333. The molecular weight excluding hydrogens is 218 g/mol. The van der Waals surface area contributed by atoms with E-state index in [0.717, 1.165) is 0 Å². The van der Waals surface area contributed by atoms with E-state index in [0.29, 0.717) is 24.0 Å². The van der Waals surface area contributed by atoms with Crippen LogP contribution < -0.4 is 11.2 Å². The van der Waals surface area contributed by atoms with Crippen LogP contribution in [0.25, 0.3) is 10.9 Å². The van der Waals surface area contributed by atoms with Gasteiger partial charge in [-0.3, -0.25) is 9.36 Å².